The van der Waals surface area contributed by atoms with Crippen LogP contribution in [0.15, 0.2) is 29.2 Å². The van der Waals surface area contributed by atoms with Gasteiger partial charge in [-0.3, -0.25) is 4.79 Å². The average Bonchev–Trinajstić information content (AvgIpc) is 2.52. The number of carbonyl (C=O) groups is 1. The van der Waals surface area contributed by atoms with E-state index in [0.717, 1.165) is 12.0 Å². The number of ether oxygens (including phenoxy) is 1. The fraction of sp³-hybridized carbons (Fsp3) is 0.611. The van der Waals surface area contributed by atoms with Crippen molar-refractivity contribution in [1.29, 1.82) is 0 Å². The van der Waals surface area contributed by atoms with Gasteiger partial charge in [-0.05, 0) is 37.0 Å². The van der Waals surface area contributed by atoms with Crippen molar-refractivity contribution in [2.75, 3.05) is 19.0 Å². The molecule has 0 saturated carbocycles. The van der Waals surface area contributed by atoms with E-state index in [1.807, 2.05) is 6.92 Å². The Morgan fingerprint density at radius 2 is 1.84 bits per heavy atom. The highest BCUT2D eigenvalue weighted by Gasteiger charge is 2.13. The van der Waals surface area contributed by atoms with Gasteiger partial charge in [-0.15, -0.1) is 0 Å². The molecule has 0 radical (unpaired) electrons. The summed E-state index contributed by atoms with van der Waals surface area (Å²) in [6.45, 7) is 6.58. The third-order valence-corrected chi connectivity index (χ3v) is 5.38. The van der Waals surface area contributed by atoms with Crippen molar-refractivity contribution in [2.24, 2.45) is 5.92 Å². The molecule has 142 valence electrons. The molecule has 1 rings (SSSR count). The number of carbonyl (C=O) groups excluding carboxylic acids is 1. The van der Waals surface area contributed by atoms with Gasteiger partial charge in [0, 0.05) is 13.0 Å². The Labute approximate surface area is 150 Å². The average molecular weight is 371 g/mol. The van der Waals surface area contributed by atoms with Crippen molar-refractivity contribution < 1.29 is 23.1 Å². The minimum Gasteiger partial charge on any atom is -0.395 e. The Morgan fingerprint density at radius 3 is 2.40 bits per heavy atom. The number of nitrogens with one attached hydrogen (secondary N) is 1. The zero-order valence-corrected chi connectivity index (χ0v) is 16.0. The second-order valence-corrected chi connectivity index (χ2v) is 8.63. The van der Waals surface area contributed by atoms with Crippen molar-refractivity contribution in [3.05, 3.63) is 29.8 Å². The lowest BCUT2D eigenvalue weighted by molar-refractivity contribution is -0.122. The van der Waals surface area contributed by atoms with Crippen LogP contribution in [0.2, 0.25) is 0 Å². The van der Waals surface area contributed by atoms with E-state index in [1.165, 1.54) is 12.1 Å². The van der Waals surface area contributed by atoms with Crippen molar-refractivity contribution in [3.8, 4) is 0 Å². The summed E-state index contributed by atoms with van der Waals surface area (Å²) < 4.78 is 29.2. The minimum atomic E-state index is -3.44. The van der Waals surface area contributed by atoms with Gasteiger partial charge in [-0.25, -0.2) is 8.42 Å². The van der Waals surface area contributed by atoms with Gasteiger partial charge in [0.15, 0.2) is 9.84 Å². The molecule has 0 bridgehead atoms. The Bertz CT molecular complexity index is 625. The summed E-state index contributed by atoms with van der Waals surface area (Å²) in [5.74, 6) is 0.167. The summed E-state index contributed by atoms with van der Waals surface area (Å²) >= 11 is 0. The maximum absolute atomic E-state index is 11.8. The zero-order valence-electron chi connectivity index (χ0n) is 15.2. The van der Waals surface area contributed by atoms with Gasteiger partial charge in [0.25, 0.3) is 0 Å². The lowest BCUT2D eigenvalue weighted by Gasteiger charge is -2.15. The fourth-order valence-corrected chi connectivity index (χ4v) is 3.45. The molecule has 2 N–H and O–H groups in total. The molecule has 0 heterocycles. The lowest BCUT2D eigenvalue weighted by atomic mass is 10.1. The monoisotopic (exact) mass is 371 g/mol. The Hall–Kier alpha value is -1.44. The normalized spacial score (nSPS) is 13.0. The number of benzene rings is 1. The molecule has 6 nitrogen and oxygen atoms in total. The summed E-state index contributed by atoms with van der Waals surface area (Å²) in [5.41, 5.74) is 0.811. The number of hydrogen-bond donors (Lipinski definition) is 2. The highest BCUT2D eigenvalue weighted by Crippen LogP contribution is 2.12. The van der Waals surface area contributed by atoms with Gasteiger partial charge in [-0.1, -0.05) is 26.0 Å². The van der Waals surface area contributed by atoms with E-state index in [2.05, 4.69) is 19.2 Å². The summed E-state index contributed by atoms with van der Waals surface area (Å²) in [6, 6.07) is 6.30. The molecule has 0 fully saturated rings. The smallest absolute Gasteiger partial charge is 0.222 e. The van der Waals surface area contributed by atoms with Crippen molar-refractivity contribution >= 4 is 15.7 Å². The topological polar surface area (TPSA) is 92.7 Å². The molecule has 0 aliphatic heterocycles. The van der Waals surface area contributed by atoms with E-state index in [9.17, 15) is 13.2 Å². The molecule has 0 spiro atoms. The lowest BCUT2D eigenvalue weighted by Crippen LogP contribution is -2.25. The van der Waals surface area contributed by atoms with Crippen LogP contribution >= 0.6 is 0 Å². The SMILES string of the molecule is CC(C)CC(C)OCCC(=O)NCc1ccc(S(=O)(=O)CCO)cc1. The van der Waals surface area contributed by atoms with E-state index in [1.54, 1.807) is 12.1 Å². The highest BCUT2D eigenvalue weighted by atomic mass is 32.2. The Morgan fingerprint density at radius 1 is 1.20 bits per heavy atom. The van der Waals surface area contributed by atoms with E-state index in [0.29, 0.717) is 25.5 Å². The molecule has 1 aromatic carbocycles. The second-order valence-electron chi connectivity index (χ2n) is 6.52. The zero-order chi connectivity index (χ0) is 18.9. The number of rotatable bonds is 11. The van der Waals surface area contributed by atoms with Gasteiger partial charge < -0.3 is 15.2 Å². The van der Waals surface area contributed by atoms with Crippen LogP contribution in [0.4, 0.5) is 0 Å². The standard InChI is InChI=1S/C18H29NO5S/c1-14(2)12-15(3)24-10-8-18(21)19-13-16-4-6-17(7-5-16)25(22,23)11-9-20/h4-7,14-15,20H,8-13H2,1-3H3,(H,19,21). The molecular weight excluding hydrogens is 342 g/mol. The van der Waals surface area contributed by atoms with E-state index < -0.39 is 16.4 Å². The molecule has 0 saturated heterocycles. The minimum absolute atomic E-state index is 0.103. The number of sulfone groups is 1. The van der Waals surface area contributed by atoms with Gasteiger partial charge in [0.2, 0.25) is 5.91 Å². The van der Waals surface area contributed by atoms with Crippen LogP contribution in [-0.2, 0) is 25.9 Å². The predicted octanol–water partition coefficient (Wildman–Crippen LogP) is 1.91. The van der Waals surface area contributed by atoms with Gasteiger partial charge in [0.05, 0.1) is 30.0 Å². The van der Waals surface area contributed by atoms with Crippen LogP contribution < -0.4 is 5.32 Å². The molecule has 0 aliphatic carbocycles. The first kappa shape index (κ1) is 21.6. The van der Waals surface area contributed by atoms with Crippen molar-refractivity contribution in [3.63, 3.8) is 0 Å². The van der Waals surface area contributed by atoms with Crippen LogP contribution in [0, 0.1) is 5.92 Å². The Balaban J connectivity index is 2.37. The van der Waals surface area contributed by atoms with Crippen LogP contribution in [0.3, 0.4) is 0 Å². The molecule has 0 aliphatic rings. The molecular formula is C18H29NO5S. The predicted molar refractivity (Wildman–Crippen MR) is 96.9 cm³/mol. The highest BCUT2D eigenvalue weighted by molar-refractivity contribution is 7.91. The van der Waals surface area contributed by atoms with Gasteiger partial charge in [0.1, 0.15) is 0 Å². The van der Waals surface area contributed by atoms with Crippen molar-refractivity contribution in [1.82, 2.24) is 5.32 Å². The molecule has 1 unspecified atom stereocenters. The first-order valence-corrected chi connectivity index (χ1v) is 10.2. The van der Waals surface area contributed by atoms with Crippen LogP contribution in [0.5, 0.6) is 0 Å². The quantitative estimate of drug-likeness (QED) is 0.620. The van der Waals surface area contributed by atoms with E-state index >= 15 is 0 Å². The first-order valence-electron chi connectivity index (χ1n) is 8.55. The molecule has 7 heteroatoms. The number of aliphatic hydroxyl groups is 1. The summed E-state index contributed by atoms with van der Waals surface area (Å²) in [6.07, 6.45) is 1.40. The van der Waals surface area contributed by atoms with Crippen LogP contribution in [-0.4, -0.2) is 44.5 Å². The van der Waals surface area contributed by atoms with E-state index in [4.69, 9.17) is 9.84 Å². The maximum Gasteiger partial charge on any atom is 0.222 e. The molecule has 1 aromatic rings. The number of aliphatic hydroxyl groups excluding tert-OH is 1. The fourth-order valence-electron chi connectivity index (χ4n) is 2.43. The van der Waals surface area contributed by atoms with Gasteiger partial charge in [-0.2, -0.15) is 0 Å². The summed E-state index contributed by atoms with van der Waals surface area (Å²) in [4.78, 5) is 12.0. The third-order valence-electron chi connectivity index (χ3n) is 3.67. The largest absolute Gasteiger partial charge is 0.395 e. The van der Waals surface area contributed by atoms with Crippen molar-refractivity contribution in [2.45, 2.75) is 51.2 Å². The second kappa shape index (κ2) is 10.5. The first-order chi connectivity index (χ1) is 11.7. The summed E-state index contributed by atoms with van der Waals surface area (Å²) in [7, 11) is -3.44. The molecule has 1 amide bonds. The number of amides is 1. The molecule has 25 heavy (non-hydrogen) atoms. The third kappa shape index (κ3) is 8.47. The summed E-state index contributed by atoms with van der Waals surface area (Å²) in [5, 5.41) is 11.6. The molecule has 0 aromatic heterocycles. The Kier molecular flexibility index (Phi) is 9.10. The van der Waals surface area contributed by atoms with Crippen LogP contribution in [0.1, 0.15) is 39.2 Å². The number of hydrogen-bond acceptors (Lipinski definition) is 5. The van der Waals surface area contributed by atoms with Gasteiger partial charge >= 0.3 is 0 Å². The van der Waals surface area contributed by atoms with Crippen LogP contribution in [0.25, 0.3) is 0 Å². The van der Waals surface area contributed by atoms with E-state index in [-0.39, 0.29) is 22.7 Å². The maximum atomic E-state index is 11.8. The molecule has 1 atom stereocenters.